The molecule has 2 aliphatic heterocycles. The zero-order chi connectivity index (χ0) is 23.9. The molecule has 1 N–H and O–H groups in total. The fraction of sp³-hybridized carbons (Fsp3) is 0.500. The molecule has 2 amide bonds. The number of rotatable bonds is 6. The number of benzene rings is 2. The van der Waals surface area contributed by atoms with Crippen molar-refractivity contribution in [3.63, 3.8) is 0 Å². The highest BCUT2D eigenvalue weighted by atomic mass is 16.4. The molecule has 0 spiro atoms. The van der Waals surface area contributed by atoms with Gasteiger partial charge in [-0.3, -0.25) is 19.5 Å². The zero-order valence-electron chi connectivity index (χ0n) is 20.2. The predicted molar refractivity (Wildman–Crippen MR) is 134 cm³/mol. The van der Waals surface area contributed by atoms with Crippen LogP contribution in [0.3, 0.4) is 0 Å². The van der Waals surface area contributed by atoms with Crippen LogP contribution in [0.4, 0.5) is 16.2 Å². The molecule has 3 fully saturated rings. The van der Waals surface area contributed by atoms with Gasteiger partial charge in [0.2, 0.25) is 0 Å². The summed E-state index contributed by atoms with van der Waals surface area (Å²) in [6.07, 6.45) is 6.42. The molecule has 6 nitrogen and oxygen atoms in total. The van der Waals surface area contributed by atoms with Crippen LogP contribution in [0.2, 0.25) is 0 Å². The Morgan fingerprint density at radius 2 is 1.71 bits per heavy atom. The Kier molecular flexibility index (Phi) is 6.11. The summed E-state index contributed by atoms with van der Waals surface area (Å²) in [6.45, 7) is 6.83. The highest BCUT2D eigenvalue weighted by Gasteiger charge is 2.44. The maximum absolute atomic E-state index is 13.6. The van der Waals surface area contributed by atoms with E-state index in [-0.39, 0.29) is 17.5 Å². The molecule has 1 saturated carbocycles. The van der Waals surface area contributed by atoms with Crippen molar-refractivity contribution in [1.29, 1.82) is 0 Å². The molecule has 2 aromatic rings. The zero-order valence-corrected chi connectivity index (χ0v) is 20.2. The summed E-state index contributed by atoms with van der Waals surface area (Å²) in [5.74, 6) is -0.347. The van der Waals surface area contributed by atoms with Crippen molar-refractivity contribution >= 4 is 23.4 Å². The van der Waals surface area contributed by atoms with Gasteiger partial charge in [-0.1, -0.05) is 43.5 Å². The summed E-state index contributed by atoms with van der Waals surface area (Å²) in [5, 5.41) is 9.07. The smallest absolute Gasteiger partial charge is 0.329 e. The van der Waals surface area contributed by atoms with Crippen molar-refractivity contribution in [2.75, 3.05) is 29.4 Å². The first-order valence-corrected chi connectivity index (χ1v) is 12.6. The summed E-state index contributed by atoms with van der Waals surface area (Å²) >= 11 is 0. The largest absolute Gasteiger partial charge is 0.481 e. The van der Waals surface area contributed by atoms with Crippen LogP contribution in [0.25, 0.3) is 0 Å². The van der Waals surface area contributed by atoms with Crippen LogP contribution in [-0.4, -0.2) is 47.2 Å². The monoisotopic (exact) mass is 461 g/mol. The summed E-state index contributed by atoms with van der Waals surface area (Å²) in [5.41, 5.74) is 4.06. The lowest BCUT2D eigenvalue weighted by Gasteiger charge is -2.36. The molecular weight excluding hydrogens is 426 g/mol. The molecular formula is C28H35N3O3. The third-order valence-corrected chi connectivity index (χ3v) is 7.74. The number of carboxylic acid groups (broad SMARTS) is 1. The molecule has 0 radical (unpaired) electrons. The van der Waals surface area contributed by atoms with Crippen molar-refractivity contribution in [1.82, 2.24) is 4.90 Å². The number of amides is 2. The van der Waals surface area contributed by atoms with Gasteiger partial charge < -0.3 is 5.11 Å². The summed E-state index contributed by atoms with van der Waals surface area (Å²) in [4.78, 5) is 30.6. The minimum absolute atomic E-state index is 0.0191. The van der Waals surface area contributed by atoms with E-state index in [1.807, 2.05) is 21.9 Å². The first-order valence-electron chi connectivity index (χ1n) is 12.6. The van der Waals surface area contributed by atoms with Gasteiger partial charge in [-0.2, -0.15) is 0 Å². The average Bonchev–Trinajstić information content (AvgIpc) is 3.05. The number of hydrogen-bond acceptors (Lipinski definition) is 3. The van der Waals surface area contributed by atoms with Gasteiger partial charge in [0.1, 0.15) is 0 Å². The van der Waals surface area contributed by atoms with Crippen LogP contribution < -0.4 is 9.80 Å². The molecule has 180 valence electrons. The van der Waals surface area contributed by atoms with Crippen molar-refractivity contribution in [2.45, 2.75) is 64.0 Å². The van der Waals surface area contributed by atoms with Gasteiger partial charge in [0.15, 0.2) is 0 Å². The van der Waals surface area contributed by atoms with Gasteiger partial charge >= 0.3 is 12.0 Å². The minimum Gasteiger partial charge on any atom is -0.481 e. The summed E-state index contributed by atoms with van der Waals surface area (Å²) < 4.78 is 0. The van der Waals surface area contributed by atoms with Gasteiger partial charge in [-0.25, -0.2) is 4.79 Å². The number of carboxylic acids is 1. The molecule has 2 aromatic carbocycles. The van der Waals surface area contributed by atoms with E-state index < -0.39 is 5.97 Å². The number of carbonyl (C=O) groups excluding carboxylic acids is 1. The number of carbonyl (C=O) groups is 2. The van der Waals surface area contributed by atoms with E-state index in [2.05, 4.69) is 55.1 Å². The van der Waals surface area contributed by atoms with E-state index in [0.29, 0.717) is 25.6 Å². The number of hydrogen-bond donors (Lipinski definition) is 1. The van der Waals surface area contributed by atoms with Crippen molar-refractivity contribution in [3.8, 4) is 0 Å². The third-order valence-electron chi connectivity index (χ3n) is 7.74. The Labute approximate surface area is 202 Å². The van der Waals surface area contributed by atoms with Gasteiger partial charge in [-0.05, 0) is 68.0 Å². The van der Waals surface area contributed by atoms with Crippen LogP contribution in [-0.2, 0) is 11.3 Å². The first-order chi connectivity index (χ1) is 16.3. The molecule has 3 aliphatic rings. The van der Waals surface area contributed by atoms with Crippen LogP contribution in [0.5, 0.6) is 0 Å². The van der Waals surface area contributed by atoms with Crippen LogP contribution >= 0.6 is 0 Å². The fourth-order valence-electron chi connectivity index (χ4n) is 5.81. The Balaban J connectivity index is 1.30. The predicted octanol–water partition coefficient (Wildman–Crippen LogP) is 5.48. The van der Waals surface area contributed by atoms with Crippen molar-refractivity contribution < 1.29 is 14.7 Å². The van der Waals surface area contributed by atoms with E-state index in [9.17, 15) is 9.59 Å². The lowest BCUT2D eigenvalue weighted by atomic mass is 9.84. The van der Waals surface area contributed by atoms with E-state index in [1.165, 1.54) is 37.7 Å². The molecule has 5 rings (SSSR count). The van der Waals surface area contributed by atoms with Crippen LogP contribution in [0, 0.1) is 5.92 Å². The molecule has 0 unspecified atom stereocenters. The summed E-state index contributed by atoms with van der Waals surface area (Å²) in [6, 6.07) is 16.8. The molecule has 0 aromatic heterocycles. The van der Waals surface area contributed by atoms with Crippen LogP contribution in [0.15, 0.2) is 48.5 Å². The molecule has 2 heterocycles. The Bertz CT molecular complexity index is 1050. The normalized spacial score (nSPS) is 21.6. The molecule has 2 saturated heterocycles. The lowest BCUT2D eigenvalue weighted by molar-refractivity contribution is -0.147. The SMILES string of the molecule is CC1(C)CN(c2cccc(C3CCCCC3)c2)C(=O)N1c1ccc(CN2CC(C(=O)O)C2)cc1. The Morgan fingerprint density at radius 3 is 2.38 bits per heavy atom. The molecule has 6 heteroatoms. The topological polar surface area (TPSA) is 64.1 Å². The highest BCUT2D eigenvalue weighted by Crippen LogP contribution is 2.38. The first kappa shape index (κ1) is 22.9. The second-order valence-electron chi connectivity index (χ2n) is 10.8. The number of nitrogens with zero attached hydrogens (tertiary/aromatic N) is 3. The third kappa shape index (κ3) is 4.43. The van der Waals surface area contributed by atoms with Gasteiger partial charge in [0, 0.05) is 31.0 Å². The lowest BCUT2D eigenvalue weighted by Crippen LogP contribution is -2.49. The van der Waals surface area contributed by atoms with Gasteiger partial charge in [-0.15, -0.1) is 0 Å². The van der Waals surface area contributed by atoms with Crippen molar-refractivity contribution in [3.05, 3.63) is 59.7 Å². The Hall–Kier alpha value is -2.86. The number of aliphatic carboxylic acids is 1. The minimum atomic E-state index is -0.713. The second kappa shape index (κ2) is 9.06. The Morgan fingerprint density at radius 1 is 1.00 bits per heavy atom. The standard InChI is InChI=1S/C28H35N3O3/c1-28(2)19-30(25-10-6-9-22(15-25)21-7-4-3-5-8-21)27(34)31(28)24-13-11-20(12-14-24)16-29-17-23(18-29)26(32)33/h6,9-15,21,23H,3-5,7-8,16-19H2,1-2H3,(H,32,33). The van der Waals surface area contributed by atoms with E-state index in [1.54, 1.807) is 0 Å². The maximum atomic E-state index is 13.6. The van der Waals surface area contributed by atoms with Gasteiger partial charge in [0.05, 0.1) is 18.0 Å². The summed E-state index contributed by atoms with van der Waals surface area (Å²) in [7, 11) is 0. The van der Waals surface area contributed by atoms with Gasteiger partial charge in [0.25, 0.3) is 0 Å². The maximum Gasteiger partial charge on any atom is 0.329 e. The number of urea groups is 1. The van der Waals surface area contributed by atoms with Crippen LogP contribution in [0.1, 0.15) is 63.0 Å². The van der Waals surface area contributed by atoms with Crippen molar-refractivity contribution in [2.24, 2.45) is 5.92 Å². The van der Waals surface area contributed by atoms with E-state index >= 15 is 0 Å². The average molecular weight is 462 g/mol. The number of anilines is 2. The molecule has 0 bridgehead atoms. The quantitative estimate of drug-likeness (QED) is 0.619. The van der Waals surface area contributed by atoms with E-state index in [0.717, 1.165) is 23.5 Å². The number of likely N-dealkylation sites (tertiary alicyclic amines) is 1. The molecule has 34 heavy (non-hydrogen) atoms. The highest BCUT2D eigenvalue weighted by molar-refractivity contribution is 6.07. The molecule has 0 atom stereocenters. The second-order valence-corrected chi connectivity index (χ2v) is 10.8. The van der Waals surface area contributed by atoms with E-state index in [4.69, 9.17) is 5.11 Å². The fourth-order valence-corrected chi connectivity index (χ4v) is 5.81. The molecule has 1 aliphatic carbocycles.